The van der Waals surface area contributed by atoms with Gasteiger partial charge in [-0.15, -0.1) is 23.1 Å². The molecule has 1 aromatic carbocycles. The van der Waals surface area contributed by atoms with Gasteiger partial charge in [-0.1, -0.05) is 24.0 Å². The number of thiophene rings is 1. The maximum Gasteiger partial charge on any atom is 0.120 e. The maximum absolute atomic E-state index is 9.70. The first-order chi connectivity index (χ1) is 11.9. The van der Waals surface area contributed by atoms with Crippen molar-refractivity contribution in [3.05, 3.63) is 51.7 Å². The fourth-order valence-electron chi connectivity index (χ4n) is 2.31. The molecule has 1 heterocycles. The first kappa shape index (κ1) is 20.0. The van der Waals surface area contributed by atoms with Crippen LogP contribution in [0, 0.1) is 11.8 Å². The summed E-state index contributed by atoms with van der Waals surface area (Å²) in [5.41, 5.74) is 0.264. The Morgan fingerprint density at radius 3 is 2.44 bits per heavy atom. The molecule has 2 aromatic rings. The minimum absolute atomic E-state index is 0.139. The van der Waals surface area contributed by atoms with E-state index in [1.165, 1.54) is 15.3 Å². The highest BCUT2D eigenvalue weighted by Gasteiger charge is 2.10. The Labute approximate surface area is 158 Å². The van der Waals surface area contributed by atoms with Gasteiger partial charge in [-0.3, -0.25) is 4.90 Å². The number of benzene rings is 1. The zero-order valence-corrected chi connectivity index (χ0v) is 16.6. The van der Waals surface area contributed by atoms with E-state index in [0.717, 1.165) is 18.0 Å². The van der Waals surface area contributed by atoms with E-state index in [0.29, 0.717) is 6.54 Å². The number of hydrogen-bond acceptors (Lipinski definition) is 5. The smallest absolute Gasteiger partial charge is 0.120 e. The molecule has 0 aliphatic heterocycles. The quantitative estimate of drug-likeness (QED) is 0.573. The molecule has 25 heavy (non-hydrogen) atoms. The van der Waals surface area contributed by atoms with Crippen LogP contribution >= 0.6 is 23.1 Å². The first-order valence-corrected chi connectivity index (χ1v) is 10.2. The van der Waals surface area contributed by atoms with E-state index >= 15 is 0 Å². The van der Waals surface area contributed by atoms with Crippen molar-refractivity contribution >= 4 is 23.1 Å². The van der Waals surface area contributed by atoms with E-state index in [1.54, 1.807) is 36.9 Å². The summed E-state index contributed by atoms with van der Waals surface area (Å²) >= 11 is 3.37. The van der Waals surface area contributed by atoms with E-state index in [9.17, 15) is 10.2 Å². The monoisotopic (exact) mass is 375 g/mol. The van der Waals surface area contributed by atoms with Gasteiger partial charge in [-0.05, 0) is 49.9 Å². The van der Waals surface area contributed by atoms with E-state index < -0.39 is 5.60 Å². The number of hydrogen-bond donors (Lipinski definition) is 2. The minimum Gasteiger partial charge on any atom is -0.395 e. The van der Waals surface area contributed by atoms with Crippen molar-refractivity contribution < 1.29 is 10.2 Å². The van der Waals surface area contributed by atoms with Crippen molar-refractivity contribution in [1.29, 1.82) is 0 Å². The van der Waals surface area contributed by atoms with Crippen molar-refractivity contribution in [3.8, 4) is 11.8 Å². The third kappa shape index (κ3) is 7.23. The molecule has 0 spiro atoms. The molecule has 1 aromatic heterocycles. The summed E-state index contributed by atoms with van der Waals surface area (Å²) in [4.78, 5) is 5.64. The normalized spacial score (nSPS) is 11.4. The first-order valence-electron chi connectivity index (χ1n) is 8.20. The van der Waals surface area contributed by atoms with Crippen LogP contribution in [0.5, 0.6) is 0 Å². The Bertz CT molecular complexity index is 721. The van der Waals surface area contributed by atoms with E-state index in [2.05, 4.69) is 53.3 Å². The van der Waals surface area contributed by atoms with Gasteiger partial charge in [0.15, 0.2) is 0 Å². The molecule has 2 N–H and O–H groups in total. The second-order valence-electron chi connectivity index (χ2n) is 6.36. The second kappa shape index (κ2) is 9.42. The number of nitrogens with zero attached hydrogens (tertiary/aromatic N) is 1. The molecule has 0 fully saturated rings. The summed E-state index contributed by atoms with van der Waals surface area (Å²) in [6.07, 6.45) is 2.07. The molecule has 134 valence electrons. The number of aliphatic hydroxyl groups is 2. The molecule has 0 bridgehead atoms. The zero-order valence-electron chi connectivity index (χ0n) is 15.0. The van der Waals surface area contributed by atoms with Gasteiger partial charge < -0.3 is 10.2 Å². The van der Waals surface area contributed by atoms with E-state index in [1.807, 2.05) is 6.07 Å². The molecule has 0 radical (unpaired) electrons. The Balaban J connectivity index is 2.03. The van der Waals surface area contributed by atoms with Crippen LogP contribution in [-0.2, 0) is 13.1 Å². The Kier molecular flexibility index (Phi) is 7.55. The minimum atomic E-state index is -0.976. The Hall–Kier alpha value is -1.29. The fourth-order valence-corrected chi connectivity index (χ4v) is 3.62. The molecule has 0 aliphatic rings. The summed E-state index contributed by atoms with van der Waals surface area (Å²) < 4.78 is 0. The number of aliphatic hydroxyl groups excluding tert-OH is 1. The average Bonchev–Trinajstić information content (AvgIpc) is 3.01. The lowest BCUT2D eigenvalue weighted by Crippen LogP contribution is -2.25. The third-order valence-electron chi connectivity index (χ3n) is 3.51. The molecule has 2 rings (SSSR count). The van der Waals surface area contributed by atoms with Crippen LogP contribution in [0.15, 0.2) is 41.3 Å². The molecule has 0 unspecified atom stereocenters. The molecule has 3 nitrogen and oxygen atoms in total. The standard InChI is InChI=1S/C20H25NO2S2/c1-20(2,23)11-10-18-8-9-19(25-18)15-21(12-13-22)14-16-4-6-17(24-3)7-5-16/h4-9,22-23H,12-15H2,1-3H3. The van der Waals surface area contributed by atoms with Crippen LogP contribution in [0.3, 0.4) is 0 Å². The Morgan fingerprint density at radius 1 is 1.12 bits per heavy atom. The predicted molar refractivity (Wildman–Crippen MR) is 107 cm³/mol. The lowest BCUT2D eigenvalue weighted by molar-refractivity contribution is 0.143. The van der Waals surface area contributed by atoms with Gasteiger partial charge in [0.2, 0.25) is 0 Å². The zero-order chi connectivity index (χ0) is 18.3. The van der Waals surface area contributed by atoms with Crippen molar-refractivity contribution in [2.24, 2.45) is 0 Å². The van der Waals surface area contributed by atoms with Gasteiger partial charge in [-0.2, -0.15) is 0 Å². The predicted octanol–water partition coefficient (Wildman–Crippen LogP) is 3.59. The molecular weight excluding hydrogens is 350 g/mol. The van der Waals surface area contributed by atoms with Gasteiger partial charge in [0.1, 0.15) is 5.60 Å². The van der Waals surface area contributed by atoms with Crippen molar-refractivity contribution in [1.82, 2.24) is 4.90 Å². The molecule has 0 aliphatic carbocycles. The molecule has 0 amide bonds. The van der Waals surface area contributed by atoms with Crippen LogP contribution in [0.2, 0.25) is 0 Å². The fraction of sp³-hybridized carbons (Fsp3) is 0.400. The number of rotatable bonds is 7. The largest absolute Gasteiger partial charge is 0.395 e. The van der Waals surface area contributed by atoms with Crippen molar-refractivity contribution in [2.75, 3.05) is 19.4 Å². The molecule has 0 atom stereocenters. The molecular formula is C20H25NO2S2. The maximum atomic E-state index is 9.70. The van der Waals surface area contributed by atoms with Crippen molar-refractivity contribution in [2.45, 2.75) is 37.4 Å². The van der Waals surface area contributed by atoms with E-state index in [-0.39, 0.29) is 6.61 Å². The van der Waals surface area contributed by atoms with Gasteiger partial charge in [-0.25, -0.2) is 0 Å². The highest BCUT2D eigenvalue weighted by molar-refractivity contribution is 7.98. The average molecular weight is 376 g/mol. The van der Waals surface area contributed by atoms with Crippen LogP contribution in [0.1, 0.15) is 29.2 Å². The van der Waals surface area contributed by atoms with Crippen LogP contribution in [0.25, 0.3) is 0 Å². The topological polar surface area (TPSA) is 43.7 Å². The van der Waals surface area contributed by atoms with Gasteiger partial charge >= 0.3 is 0 Å². The summed E-state index contributed by atoms with van der Waals surface area (Å²) in [5, 5.41) is 19.1. The molecule has 0 saturated heterocycles. The summed E-state index contributed by atoms with van der Waals surface area (Å²) in [5.74, 6) is 5.86. The highest BCUT2D eigenvalue weighted by atomic mass is 32.2. The van der Waals surface area contributed by atoms with Crippen LogP contribution < -0.4 is 0 Å². The summed E-state index contributed by atoms with van der Waals surface area (Å²) in [6.45, 7) is 5.71. The molecule has 5 heteroatoms. The summed E-state index contributed by atoms with van der Waals surface area (Å²) in [7, 11) is 0. The highest BCUT2D eigenvalue weighted by Crippen LogP contribution is 2.20. The van der Waals surface area contributed by atoms with E-state index in [4.69, 9.17) is 0 Å². The van der Waals surface area contributed by atoms with Crippen LogP contribution in [0.4, 0.5) is 0 Å². The summed E-state index contributed by atoms with van der Waals surface area (Å²) in [6, 6.07) is 12.6. The lowest BCUT2D eigenvalue weighted by atomic mass is 10.1. The third-order valence-corrected chi connectivity index (χ3v) is 5.24. The van der Waals surface area contributed by atoms with Crippen molar-refractivity contribution in [3.63, 3.8) is 0 Å². The SMILES string of the molecule is CSc1ccc(CN(CCO)Cc2ccc(C#CC(C)(C)O)s2)cc1. The number of thioether (sulfide) groups is 1. The van der Waals surface area contributed by atoms with Crippen LogP contribution in [-0.4, -0.2) is 40.1 Å². The second-order valence-corrected chi connectivity index (χ2v) is 8.41. The lowest BCUT2D eigenvalue weighted by Gasteiger charge is -2.20. The molecule has 0 saturated carbocycles. The van der Waals surface area contributed by atoms with Gasteiger partial charge in [0.25, 0.3) is 0 Å². The van der Waals surface area contributed by atoms with Gasteiger partial charge in [0, 0.05) is 29.4 Å². The van der Waals surface area contributed by atoms with Gasteiger partial charge in [0.05, 0.1) is 11.5 Å². The Morgan fingerprint density at radius 2 is 1.84 bits per heavy atom.